The lowest BCUT2D eigenvalue weighted by Crippen LogP contribution is -2.11. The third-order valence-corrected chi connectivity index (χ3v) is 2.71. The molecule has 1 rings (SSSR count). The van der Waals surface area contributed by atoms with Gasteiger partial charge in [0.15, 0.2) is 5.75 Å². The number of carbonyl (C=O) groups is 1. The summed E-state index contributed by atoms with van der Waals surface area (Å²) < 4.78 is 9.55. The van der Waals surface area contributed by atoms with E-state index in [9.17, 15) is 4.79 Å². The Kier molecular flexibility index (Phi) is 4.38. The topological polar surface area (TPSA) is 48.4 Å². The van der Waals surface area contributed by atoms with Crippen LogP contribution in [0.25, 0.3) is 0 Å². The zero-order valence-corrected chi connectivity index (χ0v) is 10.6. The van der Waals surface area contributed by atoms with E-state index in [1.807, 2.05) is 0 Å². The lowest BCUT2D eigenvalue weighted by atomic mass is 10.3. The van der Waals surface area contributed by atoms with E-state index in [-0.39, 0.29) is 22.4 Å². The summed E-state index contributed by atoms with van der Waals surface area (Å²) in [6, 6.07) is 0. The van der Waals surface area contributed by atoms with Crippen molar-refractivity contribution in [2.45, 2.75) is 20.8 Å². The maximum Gasteiger partial charge on any atom is 0.513 e. The van der Waals surface area contributed by atoms with Crippen LogP contribution < -0.4 is 4.74 Å². The molecule has 0 aliphatic rings. The van der Waals surface area contributed by atoms with Crippen LogP contribution in [-0.2, 0) is 4.74 Å². The van der Waals surface area contributed by atoms with Crippen LogP contribution >= 0.6 is 23.2 Å². The van der Waals surface area contributed by atoms with E-state index >= 15 is 0 Å². The third kappa shape index (κ3) is 2.77. The van der Waals surface area contributed by atoms with Crippen molar-refractivity contribution < 1.29 is 14.3 Å². The van der Waals surface area contributed by atoms with Crippen LogP contribution in [0.4, 0.5) is 4.79 Å². The summed E-state index contributed by atoms with van der Waals surface area (Å²) in [7, 11) is 0. The van der Waals surface area contributed by atoms with Gasteiger partial charge in [-0.05, 0) is 20.8 Å². The number of halogens is 2. The molecule has 0 spiro atoms. The number of aromatic nitrogens is 1. The van der Waals surface area contributed by atoms with Crippen LogP contribution in [0, 0.1) is 13.8 Å². The second-order valence-electron chi connectivity index (χ2n) is 3.02. The van der Waals surface area contributed by atoms with Crippen LogP contribution in [-0.4, -0.2) is 17.7 Å². The number of nitrogens with zero attached hydrogens (tertiary/aromatic N) is 1. The molecule has 0 amide bonds. The maximum atomic E-state index is 11.2. The largest absolute Gasteiger partial charge is 0.513 e. The highest BCUT2D eigenvalue weighted by molar-refractivity contribution is 6.37. The number of pyridine rings is 1. The first kappa shape index (κ1) is 13.1. The maximum absolute atomic E-state index is 11.2. The molecule has 0 unspecified atom stereocenters. The molecule has 1 heterocycles. The van der Waals surface area contributed by atoms with Gasteiger partial charge in [-0.3, -0.25) is 4.98 Å². The van der Waals surface area contributed by atoms with E-state index < -0.39 is 6.16 Å². The molecule has 6 heteroatoms. The molecule has 0 bridgehead atoms. The minimum Gasteiger partial charge on any atom is -0.434 e. The van der Waals surface area contributed by atoms with Crippen molar-refractivity contribution in [1.82, 2.24) is 4.98 Å². The minimum atomic E-state index is -0.837. The van der Waals surface area contributed by atoms with Gasteiger partial charge in [0.25, 0.3) is 0 Å². The predicted octanol–water partition coefficient (Wildman–Crippen LogP) is 3.54. The van der Waals surface area contributed by atoms with E-state index in [0.717, 1.165) is 0 Å². The fourth-order valence-corrected chi connectivity index (χ4v) is 1.49. The molecule has 0 aromatic carbocycles. The van der Waals surface area contributed by atoms with Gasteiger partial charge in [0.2, 0.25) is 0 Å². The van der Waals surface area contributed by atoms with Crippen molar-refractivity contribution in [2.75, 3.05) is 6.61 Å². The summed E-state index contributed by atoms with van der Waals surface area (Å²) >= 11 is 11.9. The van der Waals surface area contributed by atoms with Gasteiger partial charge in [-0.2, -0.15) is 0 Å². The molecular weight excluding hydrogens is 253 g/mol. The Morgan fingerprint density at radius 1 is 1.25 bits per heavy atom. The van der Waals surface area contributed by atoms with Crippen LogP contribution in [0.3, 0.4) is 0 Å². The first-order chi connectivity index (χ1) is 7.47. The molecular formula is C10H11Cl2NO3. The van der Waals surface area contributed by atoms with Crippen LogP contribution in [0.2, 0.25) is 10.0 Å². The van der Waals surface area contributed by atoms with Crippen molar-refractivity contribution in [3.05, 3.63) is 21.4 Å². The zero-order chi connectivity index (χ0) is 12.3. The van der Waals surface area contributed by atoms with Gasteiger partial charge in [0.05, 0.1) is 18.0 Å². The fraction of sp³-hybridized carbons (Fsp3) is 0.400. The summed E-state index contributed by atoms with van der Waals surface area (Å²) in [5.41, 5.74) is 1.09. The van der Waals surface area contributed by atoms with E-state index in [0.29, 0.717) is 11.4 Å². The Morgan fingerprint density at radius 2 is 1.75 bits per heavy atom. The molecule has 4 nitrogen and oxygen atoms in total. The van der Waals surface area contributed by atoms with Gasteiger partial charge >= 0.3 is 6.16 Å². The quantitative estimate of drug-likeness (QED) is 0.766. The highest BCUT2D eigenvalue weighted by Gasteiger charge is 2.18. The zero-order valence-electron chi connectivity index (χ0n) is 9.13. The standard InChI is InChI=1S/C10H11Cl2NO3/c1-4-15-10(14)16-9-7(11)5(2)13-6(3)8(9)12/h4H2,1-3H3. The Balaban J connectivity index is 3.07. The molecule has 0 aliphatic heterocycles. The van der Waals surface area contributed by atoms with Crippen molar-refractivity contribution >= 4 is 29.4 Å². The Morgan fingerprint density at radius 3 is 2.19 bits per heavy atom. The molecule has 0 aliphatic carbocycles. The average molecular weight is 264 g/mol. The molecule has 1 aromatic heterocycles. The van der Waals surface area contributed by atoms with E-state index in [1.54, 1.807) is 20.8 Å². The Labute approximate surface area is 103 Å². The summed E-state index contributed by atoms with van der Waals surface area (Å²) in [6.45, 7) is 5.29. The third-order valence-electron chi connectivity index (χ3n) is 1.82. The molecule has 0 fully saturated rings. The SMILES string of the molecule is CCOC(=O)Oc1c(Cl)c(C)nc(C)c1Cl. The molecule has 88 valence electrons. The van der Waals surface area contributed by atoms with Gasteiger partial charge in [-0.15, -0.1) is 0 Å². The second kappa shape index (κ2) is 5.37. The lowest BCUT2D eigenvalue weighted by molar-refractivity contribution is 0.104. The van der Waals surface area contributed by atoms with Crippen molar-refractivity contribution in [3.63, 3.8) is 0 Å². The first-order valence-corrected chi connectivity index (χ1v) is 5.39. The summed E-state index contributed by atoms with van der Waals surface area (Å²) in [4.78, 5) is 15.2. The number of hydrogen-bond donors (Lipinski definition) is 0. The summed E-state index contributed by atoms with van der Waals surface area (Å²) in [5.74, 6) is 0.0896. The van der Waals surface area contributed by atoms with Crippen molar-refractivity contribution in [2.24, 2.45) is 0 Å². The summed E-state index contributed by atoms with van der Waals surface area (Å²) in [5, 5.41) is 0.423. The van der Waals surface area contributed by atoms with Gasteiger partial charge in [-0.25, -0.2) is 4.79 Å². The van der Waals surface area contributed by atoms with Gasteiger partial charge in [0, 0.05) is 0 Å². The van der Waals surface area contributed by atoms with Gasteiger partial charge in [0.1, 0.15) is 10.0 Å². The smallest absolute Gasteiger partial charge is 0.434 e. The molecule has 0 radical (unpaired) electrons. The Hall–Kier alpha value is -1.00. The summed E-state index contributed by atoms with van der Waals surface area (Å²) in [6.07, 6.45) is -0.837. The van der Waals surface area contributed by atoms with Crippen molar-refractivity contribution in [1.29, 1.82) is 0 Å². The first-order valence-electron chi connectivity index (χ1n) is 4.64. The normalized spacial score (nSPS) is 10.1. The van der Waals surface area contributed by atoms with Crippen LogP contribution in [0.1, 0.15) is 18.3 Å². The van der Waals surface area contributed by atoms with Crippen LogP contribution in [0.5, 0.6) is 5.75 Å². The molecule has 1 aromatic rings. The minimum absolute atomic E-state index is 0.0896. The highest BCUT2D eigenvalue weighted by atomic mass is 35.5. The lowest BCUT2D eigenvalue weighted by Gasteiger charge is -2.10. The van der Waals surface area contributed by atoms with E-state index in [1.165, 1.54) is 0 Å². The predicted molar refractivity (Wildman–Crippen MR) is 61.4 cm³/mol. The van der Waals surface area contributed by atoms with E-state index in [2.05, 4.69) is 9.72 Å². The highest BCUT2D eigenvalue weighted by Crippen LogP contribution is 2.36. The number of rotatable bonds is 2. The Bertz CT molecular complexity index is 395. The van der Waals surface area contributed by atoms with Crippen LogP contribution in [0.15, 0.2) is 0 Å². The second-order valence-corrected chi connectivity index (χ2v) is 3.78. The molecule has 0 atom stereocenters. The number of carbonyl (C=O) groups excluding carboxylic acids is 1. The van der Waals surface area contributed by atoms with Gasteiger partial charge < -0.3 is 9.47 Å². The number of hydrogen-bond acceptors (Lipinski definition) is 4. The molecule has 0 saturated heterocycles. The average Bonchev–Trinajstić information content (AvgIpc) is 2.22. The number of aryl methyl sites for hydroxylation is 2. The van der Waals surface area contributed by atoms with Gasteiger partial charge in [-0.1, -0.05) is 23.2 Å². The monoisotopic (exact) mass is 263 g/mol. The molecule has 16 heavy (non-hydrogen) atoms. The van der Waals surface area contributed by atoms with Crippen molar-refractivity contribution in [3.8, 4) is 5.75 Å². The number of ether oxygens (including phenoxy) is 2. The molecule has 0 N–H and O–H groups in total. The van der Waals surface area contributed by atoms with E-state index in [4.69, 9.17) is 27.9 Å². The fourth-order valence-electron chi connectivity index (χ4n) is 1.09. The molecule has 0 saturated carbocycles.